The third kappa shape index (κ3) is 4.36. The lowest BCUT2D eigenvalue weighted by molar-refractivity contribution is -0.00930. The van der Waals surface area contributed by atoms with Crippen molar-refractivity contribution >= 4 is 10.0 Å². The monoisotopic (exact) mass is 222 g/mol. The Bertz CT molecular complexity index is 260. The van der Waals surface area contributed by atoms with E-state index in [0.717, 1.165) is 19.4 Å². The summed E-state index contributed by atoms with van der Waals surface area (Å²) in [6.45, 7) is 3.15. The Balaban J connectivity index is 2.01. The molecule has 0 bridgehead atoms. The summed E-state index contributed by atoms with van der Waals surface area (Å²) in [7, 11) is -3.32. The van der Waals surface area contributed by atoms with Crippen molar-refractivity contribution in [2.24, 2.45) is 5.14 Å². The van der Waals surface area contributed by atoms with E-state index in [9.17, 15) is 8.42 Å². The van der Waals surface area contributed by atoms with Crippen LogP contribution >= 0.6 is 0 Å². The predicted octanol–water partition coefficient (Wildman–Crippen LogP) is -0.568. The molecule has 0 unspecified atom stereocenters. The van der Waals surface area contributed by atoms with E-state index in [4.69, 9.17) is 9.88 Å². The molecule has 14 heavy (non-hydrogen) atoms. The molecule has 3 N–H and O–H groups in total. The number of hydrogen-bond donors (Lipinski definition) is 2. The van der Waals surface area contributed by atoms with Crippen LogP contribution in [0.2, 0.25) is 0 Å². The lowest BCUT2D eigenvalue weighted by Gasteiger charge is -2.35. The first-order valence-corrected chi connectivity index (χ1v) is 6.58. The van der Waals surface area contributed by atoms with Gasteiger partial charge in [-0.15, -0.1) is 0 Å². The van der Waals surface area contributed by atoms with Gasteiger partial charge >= 0.3 is 0 Å². The van der Waals surface area contributed by atoms with Crippen LogP contribution in [-0.2, 0) is 14.8 Å². The minimum atomic E-state index is -3.32. The van der Waals surface area contributed by atoms with Crippen molar-refractivity contribution in [2.75, 3.05) is 18.9 Å². The zero-order valence-electron chi connectivity index (χ0n) is 8.40. The van der Waals surface area contributed by atoms with Gasteiger partial charge < -0.3 is 10.1 Å². The van der Waals surface area contributed by atoms with E-state index in [1.54, 1.807) is 0 Å². The van der Waals surface area contributed by atoms with Crippen molar-refractivity contribution in [3.05, 3.63) is 0 Å². The highest BCUT2D eigenvalue weighted by molar-refractivity contribution is 7.89. The maximum absolute atomic E-state index is 10.6. The highest BCUT2D eigenvalue weighted by Crippen LogP contribution is 2.22. The van der Waals surface area contributed by atoms with Crippen molar-refractivity contribution in [3.63, 3.8) is 0 Å². The lowest BCUT2D eigenvalue weighted by atomic mass is 9.89. The lowest BCUT2D eigenvalue weighted by Crippen LogP contribution is -2.47. The van der Waals surface area contributed by atoms with Gasteiger partial charge in [-0.2, -0.15) is 0 Å². The van der Waals surface area contributed by atoms with Crippen LogP contribution in [0.15, 0.2) is 0 Å². The minimum Gasteiger partial charge on any atom is -0.378 e. The molecule has 1 aliphatic rings. The molecule has 5 nitrogen and oxygen atoms in total. The molecule has 0 amide bonds. The van der Waals surface area contributed by atoms with Gasteiger partial charge in [0.1, 0.15) is 0 Å². The maximum atomic E-state index is 10.6. The molecule has 0 aliphatic heterocycles. The second-order valence-electron chi connectivity index (χ2n) is 3.57. The standard InChI is InChI=1S/C8H18N2O3S/c1-2-13-8-5-7(6-8)10-3-4-14(9,11)12/h7-8,10H,2-6H2,1H3,(H2,9,11,12). The van der Waals surface area contributed by atoms with Crippen molar-refractivity contribution < 1.29 is 13.2 Å². The zero-order valence-corrected chi connectivity index (χ0v) is 9.22. The Labute approximate surface area is 85.1 Å². The molecule has 84 valence electrons. The fourth-order valence-corrected chi connectivity index (χ4v) is 1.91. The van der Waals surface area contributed by atoms with Gasteiger partial charge in [-0.05, 0) is 19.8 Å². The Morgan fingerprint density at radius 1 is 1.50 bits per heavy atom. The Kier molecular flexibility index (Phi) is 4.31. The quantitative estimate of drug-likeness (QED) is 0.630. The van der Waals surface area contributed by atoms with Gasteiger partial charge in [-0.25, -0.2) is 13.6 Å². The molecule has 1 rings (SSSR count). The molecular formula is C8H18N2O3S. The first kappa shape index (κ1) is 11.9. The number of hydrogen-bond acceptors (Lipinski definition) is 4. The molecule has 0 radical (unpaired) electrons. The first-order chi connectivity index (χ1) is 6.51. The van der Waals surface area contributed by atoms with E-state index >= 15 is 0 Å². The molecule has 6 heteroatoms. The SMILES string of the molecule is CCOC1CC(NCCS(N)(=O)=O)C1. The van der Waals surface area contributed by atoms with Gasteiger partial charge in [0.2, 0.25) is 10.0 Å². The number of nitrogens with two attached hydrogens (primary N) is 1. The number of ether oxygens (including phenoxy) is 1. The summed E-state index contributed by atoms with van der Waals surface area (Å²) in [5.74, 6) is 0.00278. The Morgan fingerprint density at radius 2 is 2.14 bits per heavy atom. The summed E-state index contributed by atoms with van der Waals surface area (Å²) < 4.78 is 26.6. The third-order valence-electron chi connectivity index (χ3n) is 2.32. The summed E-state index contributed by atoms with van der Waals surface area (Å²) in [6, 6.07) is 0.397. The van der Waals surface area contributed by atoms with Crippen molar-refractivity contribution in [3.8, 4) is 0 Å². The molecule has 1 saturated carbocycles. The van der Waals surface area contributed by atoms with Gasteiger partial charge in [0.25, 0.3) is 0 Å². The van der Waals surface area contributed by atoms with Gasteiger partial charge in [0.15, 0.2) is 0 Å². The average Bonchev–Trinajstić information content (AvgIpc) is 1.97. The molecule has 0 atom stereocenters. The van der Waals surface area contributed by atoms with E-state index in [2.05, 4.69) is 5.32 Å². The van der Waals surface area contributed by atoms with E-state index in [0.29, 0.717) is 18.7 Å². The summed E-state index contributed by atoms with van der Waals surface area (Å²) >= 11 is 0. The predicted molar refractivity (Wildman–Crippen MR) is 54.4 cm³/mol. The van der Waals surface area contributed by atoms with Gasteiger partial charge in [0, 0.05) is 19.2 Å². The summed E-state index contributed by atoms with van der Waals surface area (Å²) in [5, 5.41) is 7.99. The van der Waals surface area contributed by atoms with E-state index in [1.807, 2.05) is 6.92 Å². The van der Waals surface area contributed by atoms with Crippen LogP contribution in [0.1, 0.15) is 19.8 Å². The fourth-order valence-electron chi connectivity index (χ4n) is 1.51. The maximum Gasteiger partial charge on any atom is 0.210 e. The third-order valence-corrected chi connectivity index (χ3v) is 3.09. The molecule has 0 aromatic heterocycles. The molecule has 1 fully saturated rings. The highest BCUT2D eigenvalue weighted by atomic mass is 32.2. The van der Waals surface area contributed by atoms with Gasteiger partial charge in [-0.1, -0.05) is 0 Å². The molecule has 0 spiro atoms. The molecule has 0 aromatic rings. The average molecular weight is 222 g/mol. The molecule has 1 aliphatic carbocycles. The molecule has 0 heterocycles. The van der Waals surface area contributed by atoms with E-state index < -0.39 is 10.0 Å². The fraction of sp³-hybridized carbons (Fsp3) is 1.00. The van der Waals surface area contributed by atoms with Gasteiger partial charge in [0.05, 0.1) is 11.9 Å². The second-order valence-corrected chi connectivity index (χ2v) is 5.30. The van der Waals surface area contributed by atoms with Crippen molar-refractivity contribution in [1.29, 1.82) is 0 Å². The molecule has 0 aromatic carbocycles. The van der Waals surface area contributed by atoms with Crippen LogP contribution in [0.3, 0.4) is 0 Å². The van der Waals surface area contributed by atoms with E-state index in [1.165, 1.54) is 0 Å². The second kappa shape index (κ2) is 5.06. The van der Waals surface area contributed by atoms with Crippen LogP contribution in [0.5, 0.6) is 0 Å². The van der Waals surface area contributed by atoms with Crippen LogP contribution < -0.4 is 10.5 Å². The van der Waals surface area contributed by atoms with Crippen LogP contribution in [0.4, 0.5) is 0 Å². The van der Waals surface area contributed by atoms with Crippen LogP contribution in [0.25, 0.3) is 0 Å². The van der Waals surface area contributed by atoms with Crippen LogP contribution in [0, 0.1) is 0 Å². The zero-order chi connectivity index (χ0) is 10.6. The minimum absolute atomic E-state index is 0.00278. The number of nitrogens with one attached hydrogen (secondary N) is 1. The number of sulfonamides is 1. The Morgan fingerprint density at radius 3 is 2.64 bits per heavy atom. The topological polar surface area (TPSA) is 81.4 Å². The molecular weight excluding hydrogens is 204 g/mol. The Hall–Kier alpha value is -0.170. The summed E-state index contributed by atoms with van der Waals surface area (Å²) in [5.41, 5.74) is 0. The smallest absolute Gasteiger partial charge is 0.210 e. The largest absolute Gasteiger partial charge is 0.378 e. The van der Waals surface area contributed by atoms with Gasteiger partial charge in [-0.3, -0.25) is 0 Å². The normalized spacial score (nSPS) is 27.3. The van der Waals surface area contributed by atoms with Crippen molar-refractivity contribution in [1.82, 2.24) is 5.32 Å². The first-order valence-electron chi connectivity index (χ1n) is 4.86. The van der Waals surface area contributed by atoms with Crippen LogP contribution in [-0.4, -0.2) is 39.5 Å². The molecule has 0 saturated heterocycles. The number of primary sulfonamides is 1. The summed E-state index contributed by atoms with van der Waals surface area (Å²) in [6.07, 6.45) is 2.30. The number of rotatable bonds is 6. The highest BCUT2D eigenvalue weighted by Gasteiger charge is 2.28. The van der Waals surface area contributed by atoms with E-state index in [-0.39, 0.29) is 5.75 Å². The van der Waals surface area contributed by atoms with Crippen molar-refractivity contribution in [2.45, 2.75) is 31.9 Å². The summed E-state index contributed by atoms with van der Waals surface area (Å²) in [4.78, 5) is 0.